The average Bonchev–Trinajstić information content (AvgIpc) is 2.45. The molecule has 1 aliphatic rings. The number of nitrogens with one attached hydrogen (secondary N) is 1. The Morgan fingerprint density at radius 3 is 2.43 bits per heavy atom. The minimum atomic E-state index is -1.86. The predicted octanol–water partition coefficient (Wildman–Crippen LogP) is 0.392. The lowest BCUT2D eigenvalue weighted by Crippen LogP contribution is -2.66. The van der Waals surface area contributed by atoms with E-state index in [1.165, 1.54) is 0 Å². The lowest BCUT2D eigenvalue weighted by Gasteiger charge is -2.43. The number of carbonyl (C=O) groups excluding carboxylic acids is 1. The van der Waals surface area contributed by atoms with Crippen molar-refractivity contribution >= 4 is 11.9 Å². The minimum Gasteiger partial charge on any atom is -0.479 e. The molecular formula is C15H19NO5. The molecule has 0 spiro atoms. The molecule has 1 amide bonds. The molecule has 6 heteroatoms. The number of hydrogen-bond acceptors (Lipinski definition) is 4. The normalized spacial score (nSPS) is 32.4. The summed E-state index contributed by atoms with van der Waals surface area (Å²) in [6.45, 7) is 1.73. The quantitative estimate of drug-likeness (QED) is 0.645. The fourth-order valence-corrected chi connectivity index (χ4v) is 2.66. The van der Waals surface area contributed by atoms with E-state index in [0.717, 1.165) is 0 Å². The zero-order chi connectivity index (χ0) is 15.6. The van der Waals surface area contributed by atoms with Crippen LogP contribution in [-0.2, 0) is 4.79 Å². The molecule has 0 saturated heterocycles. The molecule has 1 fully saturated rings. The van der Waals surface area contributed by atoms with Crippen LogP contribution in [0.2, 0.25) is 0 Å². The van der Waals surface area contributed by atoms with Gasteiger partial charge < -0.3 is 20.6 Å². The number of benzene rings is 1. The van der Waals surface area contributed by atoms with Crippen molar-refractivity contribution in [3.63, 3.8) is 0 Å². The van der Waals surface area contributed by atoms with Gasteiger partial charge in [-0.3, -0.25) is 4.79 Å². The molecule has 1 aromatic carbocycles. The van der Waals surface area contributed by atoms with Crippen LogP contribution in [0.1, 0.15) is 30.1 Å². The Bertz CT molecular complexity index is 532. The van der Waals surface area contributed by atoms with Crippen molar-refractivity contribution in [2.24, 2.45) is 5.92 Å². The summed E-state index contributed by atoms with van der Waals surface area (Å²) in [5, 5.41) is 32.0. The summed E-state index contributed by atoms with van der Waals surface area (Å²) in [6.07, 6.45) is -2.24. The van der Waals surface area contributed by atoms with Gasteiger partial charge in [0.25, 0.3) is 5.91 Å². The van der Waals surface area contributed by atoms with Gasteiger partial charge in [-0.25, -0.2) is 4.79 Å². The van der Waals surface area contributed by atoms with Crippen molar-refractivity contribution in [2.45, 2.75) is 37.5 Å². The highest BCUT2D eigenvalue weighted by Crippen LogP contribution is 2.33. The zero-order valence-electron chi connectivity index (χ0n) is 11.7. The van der Waals surface area contributed by atoms with Gasteiger partial charge in [-0.1, -0.05) is 25.1 Å². The second kappa shape index (κ2) is 5.83. The van der Waals surface area contributed by atoms with Crippen LogP contribution in [0.3, 0.4) is 0 Å². The molecule has 4 atom stereocenters. The lowest BCUT2D eigenvalue weighted by atomic mass is 9.73. The summed E-state index contributed by atoms with van der Waals surface area (Å²) >= 11 is 0. The Balaban J connectivity index is 2.27. The largest absolute Gasteiger partial charge is 0.479 e. The Kier molecular flexibility index (Phi) is 4.29. The third-order valence-electron chi connectivity index (χ3n) is 4.11. The third kappa shape index (κ3) is 2.91. The maximum atomic E-state index is 12.2. The molecule has 0 radical (unpaired) electrons. The molecule has 114 valence electrons. The van der Waals surface area contributed by atoms with Crippen molar-refractivity contribution in [1.82, 2.24) is 5.32 Å². The summed E-state index contributed by atoms with van der Waals surface area (Å²) in [6, 6.07) is 8.18. The molecule has 0 aromatic heterocycles. The van der Waals surface area contributed by atoms with Crippen molar-refractivity contribution in [3.8, 4) is 0 Å². The van der Waals surface area contributed by atoms with Gasteiger partial charge in [-0.15, -0.1) is 0 Å². The van der Waals surface area contributed by atoms with Crippen LogP contribution in [0.25, 0.3) is 0 Å². The maximum absolute atomic E-state index is 12.2. The number of aliphatic hydroxyl groups is 2. The van der Waals surface area contributed by atoms with E-state index in [1.807, 2.05) is 0 Å². The van der Waals surface area contributed by atoms with E-state index in [9.17, 15) is 24.9 Å². The molecule has 6 nitrogen and oxygen atoms in total. The van der Waals surface area contributed by atoms with Crippen LogP contribution in [0.4, 0.5) is 0 Å². The molecule has 0 aliphatic heterocycles. The number of aliphatic carboxylic acids is 1. The van der Waals surface area contributed by atoms with Gasteiger partial charge in [0, 0.05) is 12.0 Å². The van der Waals surface area contributed by atoms with E-state index in [1.54, 1.807) is 37.3 Å². The number of hydrogen-bond donors (Lipinski definition) is 4. The first-order chi connectivity index (χ1) is 9.86. The van der Waals surface area contributed by atoms with Gasteiger partial charge in [-0.2, -0.15) is 0 Å². The molecule has 1 aliphatic carbocycles. The smallest absolute Gasteiger partial charge is 0.332 e. The van der Waals surface area contributed by atoms with Gasteiger partial charge in [0.1, 0.15) is 0 Å². The Hall–Kier alpha value is -1.92. The zero-order valence-corrected chi connectivity index (χ0v) is 11.7. The topological polar surface area (TPSA) is 107 Å². The van der Waals surface area contributed by atoms with Gasteiger partial charge in [-0.05, 0) is 24.5 Å². The highest BCUT2D eigenvalue weighted by atomic mass is 16.4. The van der Waals surface area contributed by atoms with Crippen LogP contribution < -0.4 is 5.32 Å². The maximum Gasteiger partial charge on any atom is 0.332 e. The number of carboxylic acids is 1. The fraction of sp³-hybridized carbons (Fsp3) is 0.467. The summed E-state index contributed by atoms with van der Waals surface area (Å²) in [5.41, 5.74) is -1.56. The molecule has 1 saturated carbocycles. The van der Waals surface area contributed by atoms with Crippen LogP contribution in [-0.4, -0.2) is 44.9 Å². The predicted molar refractivity (Wildman–Crippen MR) is 74.7 cm³/mol. The minimum absolute atomic E-state index is 0.114. The second-order valence-electron chi connectivity index (χ2n) is 5.60. The molecule has 2 rings (SSSR count). The summed E-state index contributed by atoms with van der Waals surface area (Å²) in [5.74, 6) is -2.15. The number of aliphatic hydroxyl groups excluding tert-OH is 2. The Morgan fingerprint density at radius 1 is 1.24 bits per heavy atom. The third-order valence-corrected chi connectivity index (χ3v) is 4.11. The van der Waals surface area contributed by atoms with Crippen LogP contribution >= 0.6 is 0 Å². The number of carbonyl (C=O) groups is 2. The van der Waals surface area contributed by atoms with Gasteiger partial charge in [0.05, 0.1) is 12.2 Å². The SMILES string of the molecule is C[C@@H]1C[C@@H](O)[C@](NC(=O)c2ccccc2)(C(=O)O)C[C@@H]1O. The van der Waals surface area contributed by atoms with E-state index in [-0.39, 0.29) is 18.8 Å². The number of amides is 1. The first-order valence-electron chi connectivity index (χ1n) is 6.84. The van der Waals surface area contributed by atoms with Crippen LogP contribution in [0.5, 0.6) is 0 Å². The summed E-state index contributed by atoms with van der Waals surface area (Å²) in [4.78, 5) is 23.8. The van der Waals surface area contributed by atoms with Crippen molar-refractivity contribution in [1.29, 1.82) is 0 Å². The van der Waals surface area contributed by atoms with E-state index < -0.39 is 29.6 Å². The van der Waals surface area contributed by atoms with E-state index in [2.05, 4.69) is 5.32 Å². The first-order valence-corrected chi connectivity index (χ1v) is 6.84. The monoisotopic (exact) mass is 293 g/mol. The molecule has 0 bridgehead atoms. The van der Waals surface area contributed by atoms with E-state index >= 15 is 0 Å². The lowest BCUT2D eigenvalue weighted by molar-refractivity contribution is -0.157. The van der Waals surface area contributed by atoms with Crippen molar-refractivity contribution < 1.29 is 24.9 Å². The summed E-state index contributed by atoms with van der Waals surface area (Å²) in [7, 11) is 0. The van der Waals surface area contributed by atoms with Crippen molar-refractivity contribution in [2.75, 3.05) is 0 Å². The summed E-state index contributed by atoms with van der Waals surface area (Å²) < 4.78 is 0. The molecule has 4 N–H and O–H groups in total. The molecular weight excluding hydrogens is 274 g/mol. The van der Waals surface area contributed by atoms with Gasteiger partial charge >= 0.3 is 5.97 Å². The Morgan fingerprint density at radius 2 is 1.86 bits per heavy atom. The van der Waals surface area contributed by atoms with Crippen molar-refractivity contribution in [3.05, 3.63) is 35.9 Å². The molecule has 0 unspecified atom stereocenters. The second-order valence-corrected chi connectivity index (χ2v) is 5.60. The fourth-order valence-electron chi connectivity index (χ4n) is 2.66. The highest BCUT2D eigenvalue weighted by molar-refractivity contribution is 5.98. The molecule has 0 heterocycles. The van der Waals surface area contributed by atoms with Crippen LogP contribution in [0.15, 0.2) is 30.3 Å². The first kappa shape index (κ1) is 15.5. The van der Waals surface area contributed by atoms with Crippen LogP contribution in [0, 0.1) is 5.92 Å². The average molecular weight is 293 g/mol. The van der Waals surface area contributed by atoms with Gasteiger partial charge in [0.2, 0.25) is 0 Å². The number of carboxylic acid groups (broad SMARTS) is 1. The Labute approximate surface area is 122 Å². The molecule has 1 aromatic rings. The molecule has 21 heavy (non-hydrogen) atoms. The van der Waals surface area contributed by atoms with Gasteiger partial charge in [0.15, 0.2) is 5.54 Å². The number of rotatable bonds is 3. The van der Waals surface area contributed by atoms with E-state index in [0.29, 0.717) is 5.56 Å². The standard InChI is InChI=1S/C15H19NO5/c1-9-7-12(18)15(14(20)21,8-11(9)17)16-13(19)10-5-3-2-4-6-10/h2-6,9,11-12,17-18H,7-8H2,1H3,(H,16,19)(H,20,21)/t9-,11+,12-,15+/m1/s1. The highest BCUT2D eigenvalue weighted by Gasteiger charge is 2.52. The van der Waals surface area contributed by atoms with E-state index in [4.69, 9.17) is 0 Å².